The van der Waals surface area contributed by atoms with Gasteiger partial charge in [0.05, 0.1) is 4.34 Å². The fraction of sp³-hybridized carbons (Fsp3) is 0.692. The Morgan fingerprint density at radius 1 is 1.50 bits per heavy atom. The maximum Gasteiger partial charge on any atom is 0.0931 e. The quantitative estimate of drug-likeness (QED) is 0.792. The molecular formula is C13H20ClNS. The third-order valence-corrected chi connectivity index (χ3v) is 4.72. The molecule has 0 amide bonds. The van der Waals surface area contributed by atoms with Crippen LogP contribution >= 0.6 is 22.9 Å². The Hall–Kier alpha value is -0.0500. The predicted molar refractivity (Wildman–Crippen MR) is 72.3 cm³/mol. The van der Waals surface area contributed by atoms with Crippen molar-refractivity contribution in [2.45, 2.75) is 39.2 Å². The van der Waals surface area contributed by atoms with Gasteiger partial charge in [0.1, 0.15) is 0 Å². The van der Waals surface area contributed by atoms with E-state index in [1.54, 1.807) is 11.3 Å². The molecule has 2 unspecified atom stereocenters. The number of thiophene rings is 1. The molecule has 0 saturated heterocycles. The zero-order valence-electron chi connectivity index (χ0n) is 10.0. The molecule has 1 aromatic rings. The Bertz CT molecular complexity index is 332. The molecule has 90 valence electrons. The summed E-state index contributed by atoms with van der Waals surface area (Å²) in [7, 11) is 0. The normalized spacial score (nSPS) is 19.7. The highest BCUT2D eigenvalue weighted by Gasteiger charge is 2.34. The van der Waals surface area contributed by atoms with Gasteiger partial charge in [0, 0.05) is 10.9 Å². The van der Waals surface area contributed by atoms with Crippen molar-refractivity contribution >= 4 is 22.9 Å². The Kier molecular flexibility index (Phi) is 4.28. The van der Waals surface area contributed by atoms with Crippen LogP contribution in [0.5, 0.6) is 0 Å². The average Bonchev–Trinajstić information content (AvgIpc) is 3.03. The second kappa shape index (κ2) is 5.52. The van der Waals surface area contributed by atoms with Crippen molar-refractivity contribution in [1.82, 2.24) is 5.32 Å². The zero-order valence-corrected chi connectivity index (χ0v) is 11.6. The van der Waals surface area contributed by atoms with Gasteiger partial charge in [-0.1, -0.05) is 25.4 Å². The minimum absolute atomic E-state index is 0.505. The molecule has 1 saturated carbocycles. The van der Waals surface area contributed by atoms with Crippen molar-refractivity contribution in [3.63, 3.8) is 0 Å². The van der Waals surface area contributed by atoms with Crippen molar-refractivity contribution in [2.24, 2.45) is 11.8 Å². The van der Waals surface area contributed by atoms with E-state index >= 15 is 0 Å². The third-order valence-electron chi connectivity index (χ3n) is 3.41. The van der Waals surface area contributed by atoms with Gasteiger partial charge in [-0.2, -0.15) is 0 Å². The van der Waals surface area contributed by atoms with Crippen molar-refractivity contribution in [2.75, 3.05) is 6.54 Å². The van der Waals surface area contributed by atoms with E-state index in [-0.39, 0.29) is 0 Å². The van der Waals surface area contributed by atoms with Gasteiger partial charge in [0.15, 0.2) is 0 Å². The van der Waals surface area contributed by atoms with Gasteiger partial charge in [0.25, 0.3) is 0 Å². The molecule has 0 aromatic carbocycles. The molecule has 16 heavy (non-hydrogen) atoms. The molecule has 1 N–H and O–H groups in total. The molecule has 1 aromatic heterocycles. The van der Waals surface area contributed by atoms with Gasteiger partial charge in [-0.25, -0.2) is 0 Å². The predicted octanol–water partition coefficient (Wildman–Crippen LogP) is 4.49. The van der Waals surface area contributed by atoms with Crippen LogP contribution < -0.4 is 5.32 Å². The maximum atomic E-state index is 6.03. The highest BCUT2D eigenvalue weighted by Crippen LogP contribution is 2.44. The Morgan fingerprint density at radius 2 is 2.25 bits per heavy atom. The lowest BCUT2D eigenvalue weighted by Crippen LogP contribution is -2.28. The molecule has 0 aliphatic heterocycles. The lowest BCUT2D eigenvalue weighted by molar-refractivity contribution is 0.354. The van der Waals surface area contributed by atoms with Crippen LogP contribution in [0.1, 0.15) is 44.0 Å². The Labute approximate surface area is 107 Å². The monoisotopic (exact) mass is 257 g/mol. The second-order valence-corrected chi connectivity index (χ2v) is 6.52. The minimum Gasteiger partial charge on any atom is -0.309 e. The fourth-order valence-corrected chi connectivity index (χ4v) is 3.49. The van der Waals surface area contributed by atoms with Gasteiger partial charge >= 0.3 is 0 Å². The summed E-state index contributed by atoms with van der Waals surface area (Å²) in [6.45, 7) is 5.68. The summed E-state index contributed by atoms with van der Waals surface area (Å²) < 4.78 is 0.904. The molecule has 3 heteroatoms. The van der Waals surface area contributed by atoms with E-state index in [0.717, 1.165) is 22.7 Å². The molecule has 1 fully saturated rings. The molecular weight excluding hydrogens is 238 g/mol. The van der Waals surface area contributed by atoms with Crippen LogP contribution in [0.2, 0.25) is 4.34 Å². The van der Waals surface area contributed by atoms with E-state index in [0.29, 0.717) is 6.04 Å². The summed E-state index contributed by atoms with van der Waals surface area (Å²) in [5.41, 5.74) is 0. The topological polar surface area (TPSA) is 12.0 Å². The first kappa shape index (κ1) is 12.4. The summed E-state index contributed by atoms with van der Waals surface area (Å²) in [5.74, 6) is 1.66. The number of hydrogen-bond donors (Lipinski definition) is 1. The highest BCUT2D eigenvalue weighted by atomic mass is 35.5. The van der Waals surface area contributed by atoms with E-state index in [2.05, 4.69) is 25.2 Å². The number of halogens is 1. The molecule has 1 aliphatic rings. The molecule has 0 bridgehead atoms. The number of rotatable bonds is 6. The number of hydrogen-bond acceptors (Lipinski definition) is 2. The van der Waals surface area contributed by atoms with Crippen molar-refractivity contribution < 1.29 is 0 Å². The van der Waals surface area contributed by atoms with Crippen molar-refractivity contribution in [3.8, 4) is 0 Å². The molecule has 0 radical (unpaired) electrons. The summed E-state index contributed by atoms with van der Waals surface area (Å²) in [6, 6.07) is 4.70. The smallest absolute Gasteiger partial charge is 0.0931 e. The van der Waals surface area contributed by atoms with E-state index in [4.69, 9.17) is 11.6 Å². The first-order valence-corrected chi connectivity index (χ1v) is 7.40. The summed E-state index contributed by atoms with van der Waals surface area (Å²) >= 11 is 7.75. The van der Waals surface area contributed by atoms with Gasteiger partial charge < -0.3 is 5.32 Å². The van der Waals surface area contributed by atoms with Crippen molar-refractivity contribution in [3.05, 3.63) is 21.3 Å². The Morgan fingerprint density at radius 3 is 2.75 bits per heavy atom. The van der Waals surface area contributed by atoms with Gasteiger partial charge in [-0.05, 0) is 49.8 Å². The zero-order chi connectivity index (χ0) is 11.5. The molecule has 1 nitrogen and oxygen atoms in total. The van der Waals surface area contributed by atoms with Crippen LogP contribution in [-0.4, -0.2) is 6.54 Å². The average molecular weight is 258 g/mol. The van der Waals surface area contributed by atoms with Crippen LogP contribution in [-0.2, 0) is 0 Å². The summed E-state index contributed by atoms with van der Waals surface area (Å²) in [4.78, 5) is 1.40. The van der Waals surface area contributed by atoms with Crippen molar-refractivity contribution in [1.29, 1.82) is 0 Å². The first-order valence-electron chi connectivity index (χ1n) is 6.21. The van der Waals surface area contributed by atoms with E-state index in [9.17, 15) is 0 Å². The standard InChI is InChI=1S/C13H20ClNS/c1-3-8-15-13(9(2)10-4-5-10)11-6-7-12(14)16-11/h6-7,9-10,13,15H,3-5,8H2,1-2H3. The van der Waals surface area contributed by atoms with Crippen LogP contribution in [0.25, 0.3) is 0 Å². The SMILES string of the molecule is CCCNC(c1ccc(Cl)s1)C(C)C1CC1. The molecule has 0 spiro atoms. The third kappa shape index (κ3) is 2.99. The summed E-state index contributed by atoms with van der Waals surface area (Å²) in [5, 5.41) is 3.67. The van der Waals surface area contributed by atoms with E-state index < -0.39 is 0 Å². The molecule has 1 heterocycles. The maximum absolute atomic E-state index is 6.03. The molecule has 2 rings (SSSR count). The van der Waals surface area contributed by atoms with Crippen LogP contribution in [0, 0.1) is 11.8 Å². The second-order valence-electron chi connectivity index (χ2n) is 4.77. The van der Waals surface area contributed by atoms with Crippen LogP contribution in [0.3, 0.4) is 0 Å². The van der Waals surface area contributed by atoms with Crippen LogP contribution in [0.15, 0.2) is 12.1 Å². The first-order chi connectivity index (χ1) is 7.72. The molecule has 1 aliphatic carbocycles. The van der Waals surface area contributed by atoms with E-state index in [1.807, 2.05) is 6.07 Å². The van der Waals surface area contributed by atoms with Crippen LogP contribution in [0.4, 0.5) is 0 Å². The highest BCUT2D eigenvalue weighted by molar-refractivity contribution is 7.16. The largest absolute Gasteiger partial charge is 0.309 e. The van der Waals surface area contributed by atoms with Gasteiger partial charge in [-0.15, -0.1) is 11.3 Å². The lowest BCUT2D eigenvalue weighted by Gasteiger charge is -2.24. The van der Waals surface area contributed by atoms with Gasteiger partial charge in [0.2, 0.25) is 0 Å². The Balaban J connectivity index is 2.06. The van der Waals surface area contributed by atoms with Gasteiger partial charge in [-0.3, -0.25) is 0 Å². The fourth-order valence-electron chi connectivity index (χ4n) is 2.24. The molecule has 2 atom stereocenters. The van der Waals surface area contributed by atoms with E-state index in [1.165, 1.54) is 24.1 Å². The number of nitrogens with one attached hydrogen (secondary N) is 1. The lowest BCUT2D eigenvalue weighted by atomic mass is 9.95. The summed E-state index contributed by atoms with van der Waals surface area (Å²) in [6.07, 6.45) is 4.00. The minimum atomic E-state index is 0.505.